The molecule has 2 aromatic carbocycles. The third kappa shape index (κ3) is 3.46. The van der Waals surface area contributed by atoms with Gasteiger partial charge in [-0.15, -0.1) is 0 Å². The summed E-state index contributed by atoms with van der Waals surface area (Å²) in [5.41, 5.74) is 3.13. The van der Waals surface area contributed by atoms with E-state index in [0.717, 1.165) is 22.4 Å². The van der Waals surface area contributed by atoms with Crippen molar-refractivity contribution in [2.45, 2.75) is 6.54 Å². The summed E-state index contributed by atoms with van der Waals surface area (Å²) >= 11 is 9.54. The molecule has 3 rings (SSSR count). The maximum atomic E-state index is 6.10. The van der Waals surface area contributed by atoms with E-state index in [1.54, 1.807) is 6.20 Å². The van der Waals surface area contributed by atoms with E-state index in [0.29, 0.717) is 5.02 Å². The first-order chi connectivity index (χ1) is 10.2. The van der Waals surface area contributed by atoms with E-state index in [1.807, 2.05) is 47.3 Å². The van der Waals surface area contributed by atoms with Crippen LogP contribution in [0.1, 0.15) is 5.56 Å². The molecule has 5 heteroatoms. The van der Waals surface area contributed by atoms with Crippen LogP contribution in [0.15, 0.2) is 65.4 Å². The van der Waals surface area contributed by atoms with Crippen LogP contribution < -0.4 is 5.32 Å². The molecule has 0 fully saturated rings. The lowest BCUT2D eigenvalue weighted by molar-refractivity contribution is 0.879. The maximum Gasteiger partial charge on any atom is 0.0877 e. The third-order valence-electron chi connectivity index (χ3n) is 3.11. The fraction of sp³-hybridized carbons (Fsp3) is 0.0625. The van der Waals surface area contributed by atoms with Crippen molar-refractivity contribution < 1.29 is 0 Å². The molecule has 0 spiro atoms. The van der Waals surface area contributed by atoms with E-state index in [-0.39, 0.29) is 0 Å². The van der Waals surface area contributed by atoms with Crippen molar-refractivity contribution in [3.05, 3.63) is 76.0 Å². The van der Waals surface area contributed by atoms with Crippen LogP contribution in [-0.2, 0) is 6.54 Å². The maximum absolute atomic E-state index is 6.10. The third-order valence-corrected chi connectivity index (χ3v) is 3.87. The lowest BCUT2D eigenvalue weighted by Crippen LogP contribution is -2.04. The van der Waals surface area contributed by atoms with Crippen molar-refractivity contribution >= 4 is 33.2 Å². The monoisotopic (exact) mass is 361 g/mol. The quantitative estimate of drug-likeness (QED) is 0.715. The smallest absolute Gasteiger partial charge is 0.0877 e. The zero-order chi connectivity index (χ0) is 14.7. The summed E-state index contributed by atoms with van der Waals surface area (Å²) in [7, 11) is 0. The van der Waals surface area contributed by atoms with Gasteiger partial charge < -0.3 is 5.32 Å². The molecule has 0 amide bonds. The highest BCUT2D eigenvalue weighted by atomic mass is 79.9. The van der Waals surface area contributed by atoms with E-state index in [9.17, 15) is 0 Å². The van der Waals surface area contributed by atoms with Crippen molar-refractivity contribution in [1.29, 1.82) is 0 Å². The average Bonchev–Trinajstić information content (AvgIpc) is 3.01. The van der Waals surface area contributed by atoms with Crippen LogP contribution in [0.3, 0.4) is 0 Å². The van der Waals surface area contributed by atoms with Gasteiger partial charge in [-0.25, -0.2) is 4.68 Å². The Labute approximate surface area is 136 Å². The van der Waals surface area contributed by atoms with Gasteiger partial charge >= 0.3 is 0 Å². The van der Waals surface area contributed by atoms with Gasteiger partial charge in [-0.3, -0.25) is 0 Å². The first kappa shape index (κ1) is 14.2. The zero-order valence-corrected chi connectivity index (χ0v) is 13.5. The standard InChI is InChI=1S/C16H13BrClN3/c17-13-4-2-12(3-5-13)11-19-15-10-14(18)6-7-16(15)21-9-1-8-20-21/h1-10,19H,11H2. The van der Waals surface area contributed by atoms with Gasteiger partial charge in [0.25, 0.3) is 0 Å². The van der Waals surface area contributed by atoms with Crippen LogP contribution in [0, 0.1) is 0 Å². The molecule has 0 aliphatic heterocycles. The van der Waals surface area contributed by atoms with E-state index in [2.05, 4.69) is 38.5 Å². The first-order valence-electron chi connectivity index (χ1n) is 6.50. The van der Waals surface area contributed by atoms with Crippen molar-refractivity contribution in [2.24, 2.45) is 0 Å². The molecule has 1 heterocycles. The molecule has 0 bridgehead atoms. The summed E-state index contributed by atoms with van der Waals surface area (Å²) in [6, 6.07) is 15.9. The van der Waals surface area contributed by atoms with Crippen LogP contribution >= 0.6 is 27.5 Å². The summed E-state index contributed by atoms with van der Waals surface area (Å²) in [6.45, 7) is 0.724. The van der Waals surface area contributed by atoms with Gasteiger partial charge in [0.05, 0.1) is 11.4 Å². The van der Waals surface area contributed by atoms with Gasteiger partial charge in [-0.2, -0.15) is 5.10 Å². The second-order valence-electron chi connectivity index (χ2n) is 4.59. The Morgan fingerprint density at radius 3 is 2.67 bits per heavy atom. The van der Waals surface area contributed by atoms with Gasteiger partial charge in [0.2, 0.25) is 0 Å². The largest absolute Gasteiger partial charge is 0.379 e. The molecule has 0 unspecified atom stereocenters. The molecule has 0 saturated heterocycles. The molecule has 0 atom stereocenters. The Bertz CT molecular complexity index is 724. The molecule has 0 saturated carbocycles. The van der Waals surface area contributed by atoms with Crippen molar-refractivity contribution in [3.63, 3.8) is 0 Å². The van der Waals surface area contributed by atoms with Crippen LogP contribution in [0.25, 0.3) is 5.69 Å². The molecule has 1 N–H and O–H groups in total. The summed E-state index contributed by atoms with van der Waals surface area (Å²) < 4.78 is 2.89. The fourth-order valence-corrected chi connectivity index (χ4v) is 2.50. The Morgan fingerprint density at radius 2 is 1.95 bits per heavy atom. The van der Waals surface area contributed by atoms with Crippen LogP contribution in [0.2, 0.25) is 5.02 Å². The van der Waals surface area contributed by atoms with Crippen molar-refractivity contribution in [3.8, 4) is 5.69 Å². The van der Waals surface area contributed by atoms with Crippen LogP contribution in [0.5, 0.6) is 0 Å². The normalized spacial score (nSPS) is 10.6. The summed E-state index contributed by atoms with van der Waals surface area (Å²) in [6.07, 6.45) is 3.67. The predicted molar refractivity (Wildman–Crippen MR) is 90.0 cm³/mol. The average molecular weight is 363 g/mol. The zero-order valence-electron chi connectivity index (χ0n) is 11.1. The fourth-order valence-electron chi connectivity index (χ4n) is 2.06. The number of nitrogens with zero attached hydrogens (tertiary/aromatic N) is 2. The molecular formula is C16H13BrClN3. The number of benzene rings is 2. The minimum atomic E-state index is 0.698. The van der Waals surface area contributed by atoms with Gasteiger partial charge in [0, 0.05) is 28.4 Å². The SMILES string of the molecule is Clc1ccc(-n2cccn2)c(NCc2ccc(Br)cc2)c1. The van der Waals surface area contributed by atoms with E-state index in [4.69, 9.17) is 11.6 Å². The Kier molecular flexibility index (Phi) is 4.27. The van der Waals surface area contributed by atoms with E-state index in [1.165, 1.54) is 5.56 Å². The van der Waals surface area contributed by atoms with Crippen LogP contribution in [-0.4, -0.2) is 9.78 Å². The molecule has 0 aliphatic carbocycles. The van der Waals surface area contributed by atoms with E-state index < -0.39 is 0 Å². The molecule has 1 aromatic heterocycles. The Morgan fingerprint density at radius 1 is 1.14 bits per heavy atom. The summed E-state index contributed by atoms with van der Waals surface area (Å²) in [4.78, 5) is 0. The molecule has 3 nitrogen and oxygen atoms in total. The highest BCUT2D eigenvalue weighted by Gasteiger charge is 2.06. The van der Waals surface area contributed by atoms with Crippen molar-refractivity contribution in [2.75, 3.05) is 5.32 Å². The molecule has 0 aliphatic rings. The van der Waals surface area contributed by atoms with Gasteiger partial charge in [-0.1, -0.05) is 39.7 Å². The second-order valence-corrected chi connectivity index (χ2v) is 5.94. The topological polar surface area (TPSA) is 29.9 Å². The van der Waals surface area contributed by atoms with Gasteiger partial charge in [0.1, 0.15) is 0 Å². The number of nitrogens with one attached hydrogen (secondary N) is 1. The number of hydrogen-bond donors (Lipinski definition) is 1. The highest BCUT2D eigenvalue weighted by molar-refractivity contribution is 9.10. The second kappa shape index (κ2) is 6.33. The number of rotatable bonds is 4. The molecular weight excluding hydrogens is 350 g/mol. The minimum Gasteiger partial charge on any atom is -0.379 e. The number of hydrogen-bond acceptors (Lipinski definition) is 2. The van der Waals surface area contributed by atoms with E-state index >= 15 is 0 Å². The van der Waals surface area contributed by atoms with Crippen LogP contribution in [0.4, 0.5) is 5.69 Å². The van der Waals surface area contributed by atoms with Gasteiger partial charge in [0.15, 0.2) is 0 Å². The predicted octanol–water partition coefficient (Wildman–Crippen LogP) is 4.90. The lowest BCUT2D eigenvalue weighted by atomic mass is 10.2. The van der Waals surface area contributed by atoms with Gasteiger partial charge in [-0.05, 0) is 42.0 Å². The number of aromatic nitrogens is 2. The first-order valence-corrected chi connectivity index (χ1v) is 7.67. The Hall–Kier alpha value is -1.78. The summed E-state index contributed by atoms with van der Waals surface area (Å²) in [5.74, 6) is 0. The lowest BCUT2D eigenvalue weighted by Gasteiger charge is -2.13. The number of halogens is 2. The number of anilines is 1. The molecule has 106 valence electrons. The summed E-state index contributed by atoms with van der Waals surface area (Å²) in [5, 5.41) is 8.39. The molecule has 3 aromatic rings. The molecule has 21 heavy (non-hydrogen) atoms. The molecule has 0 radical (unpaired) electrons. The Balaban J connectivity index is 1.84. The van der Waals surface area contributed by atoms with Crippen molar-refractivity contribution in [1.82, 2.24) is 9.78 Å². The minimum absolute atomic E-state index is 0.698. The highest BCUT2D eigenvalue weighted by Crippen LogP contribution is 2.24.